The maximum Gasteiger partial charge on any atom is 0.255 e. The molecule has 29 heavy (non-hydrogen) atoms. The summed E-state index contributed by atoms with van der Waals surface area (Å²) in [5.41, 5.74) is -0.101. The van der Waals surface area contributed by atoms with Crippen molar-refractivity contribution in [2.75, 3.05) is 17.2 Å². The Morgan fingerprint density at radius 2 is 1.83 bits per heavy atom. The molecule has 0 unspecified atom stereocenters. The molecule has 2 N–H and O–H groups in total. The number of nitrogens with zero attached hydrogens (tertiary/aromatic N) is 1. The first-order valence-corrected chi connectivity index (χ1v) is 9.99. The smallest absolute Gasteiger partial charge is 0.255 e. The van der Waals surface area contributed by atoms with Crippen LogP contribution in [0.1, 0.15) is 33.6 Å². The maximum absolute atomic E-state index is 14.6. The molecule has 0 aliphatic carbocycles. The highest BCUT2D eigenvalue weighted by Crippen LogP contribution is 2.29. The van der Waals surface area contributed by atoms with Crippen LogP contribution in [0, 0.1) is 23.5 Å². The summed E-state index contributed by atoms with van der Waals surface area (Å²) in [5.74, 6) is -4.90. The number of hydrogen-bond donors (Lipinski definition) is 2. The van der Waals surface area contributed by atoms with Crippen molar-refractivity contribution in [2.45, 2.75) is 39.7 Å². The molecule has 0 spiro atoms. The minimum Gasteiger partial charge on any atom is -0.476 e. The molecule has 158 valence electrons. The summed E-state index contributed by atoms with van der Waals surface area (Å²) < 4.78 is 48.3. The topological polar surface area (TPSA) is 63.2 Å². The van der Waals surface area contributed by atoms with Gasteiger partial charge in [-0.15, -0.1) is 0 Å². The lowest BCUT2D eigenvalue weighted by atomic mass is 10.00. The van der Waals surface area contributed by atoms with Gasteiger partial charge in [-0.05, 0) is 43.5 Å². The zero-order valence-corrected chi connectivity index (χ0v) is 17.9. The summed E-state index contributed by atoms with van der Waals surface area (Å²) >= 11 is 3.31. The van der Waals surface area contributed by atoms with Crippen molar-refractivity contribution in [1.82, 2.24) is 4.98 Å². The second kappa shape index (κ2) is 10.5. The molecule has 0 radical (unpaired) electrons. The van der Waals surface area contributed by atoms with Crippen molar-refractivity contribution in [3.63, 3.8) is 0 Å². The summed E-state index contributed by atoms with van der Waals surface area (Å²) in [7, 11) is 0. The van der Waals surface area contributed by atoms with Crippen LogP contribution in [-0.4, -0.2) is 23.5 Å². The molecule has 1 aromatic heterocycles. The van der Waals surface area contributed by atoms with Gasteiger partial charge in [0.1, 0.15) is 5.69 Å². The van der Waals surface area contributed by atoms with Crippen LogP contribution in [0.15, 0.2) is 28.7 Å². The van der Waals surface area contributed by atoms with E-state index < -0.39 is 35.2 Å². The van der Waals surface area contributed by atoms with Gasteiger partial charge in [0, 0.05) is 22.6 Å². The van der Waals surface area contributed by atoms with Gasteiger partial charge in [-0.25, -0.2) is 0 Å². The number of ether oxygens (including phenoxy) is 1. The van der Waals surface area contributed by atoms with Gasteiger partial charge in [-0.1, -0.05) is 29.8 Å². The first-order chi connectivity index (χ1) is 13.7. The van der Waals surface area contributed by atoms with Crippen LogP contribution < -0.4 is 15.4 Å². The number of amides is 1. The number of rotatable bonds is 9. The summed E-state index contributed by atoms with van der Waals surface area (Å²) in [6.45, 7) is 5.43. The summed E-state index contributed by atoms with van der Waals surface area (Å²) in [5, 5.41) is 5.37. The molecule has 0 fully saturated rings. The SMILES string of the molecule is CCOc1nc(F)c(F)c(N[C@H](CC(=O)Nc2ccc(Br)cc2)CC(C)C)c1F. The number of carbonyl (C=O) groups excluding carboxylic acids is 1. The van der Waals surface area contributed by atoms with Crippen molar-refractivity contribution in [2.24, 2.45) is 5.92 Å². The normalized spacial score (nSPS) is 12.0. The number of aromatic nitrogens is 1. The molecule has 1 heterocycles. The molecule has 5 nitrogen and oxygen atoms in total. The van der Waals surface area contributed by atoms with E-state index in [4.69, 9.17) is 4.74 Å². The van der Waals surface area contributed by atoms with E-state index in [9.17, 15) is 18.0 Å². The Hall–Kier alpha value is -2.29. The molecule has 0 bridgehead atoms. The number of nitrogens with one attached hydrogen (secondary N) is 2. The van der Waals surface area contributed by atoms with Gasteiger partial charge in [0.15, 0.2) is 0 Å². The van der Waals surface area contributed by atoms with Crippen LogP contribution in [0.2, 0.25) is 0 Å². The van der Waals surface area contributed by atoms with Crippen LogP contribution in [0.5, 0.6) is 5.88 Å². The number of benzene rings is 1. The van der Waals surface area contributed by atoms with Crippen molar-refractivity contribution >= 4 is 33.2 Å². The van der Waals surface area contributed by atoms with E-state index in [-0.39, 0.29) is 24.9 Å². The van der Waals surface area contributed by atoms with Gasteiger partial charge >= 0.3 is 0 Å². The Kier molecular flexibility index (Phi) is 8.31. The zero-order chi connectivity index (χ0) is 21.6. The Bertz CT molecular complexity index is 848. The number of carbonyl (C=O) groups is 1. The Morgan fingerprint density at radius 3 is 2.41 bits per heavy atom. The highest BCUT2D eigenvalue weighted by molar-refractivity contribution is 9.10. The van der Waals surface area contributed by atoms with Crippen molar-refractivity contribution in [1.29, 1.82) is 0 Å². The Morgan fingerprint density at radius 1 is 1.17 bits per heavy atom. The fraction of sp³-hybridized carbons (Fsp3) is 0.400. The lowest BCUT2D eigenvalue weighted by Crippen LogP contribution is -2.29. The fourth-order valence-electron chi connectivity index (χ4n) is 2.79. The lowest BCUT2D eigenvalue weighted by molar-refractivity contribution is -0.116. The van der Waals surface area contributed by atoms with Gasteiger partial charge in [-0.2, -0.15) is 18.2 Å². The van der Waals surface area contributed by atoms with Crippen LogP contribution in [0.3, 0.4) is 0 Å². The van der Waals surface area contributed by atoms with Crippen molar-refractivity contribution in [3.8, 4) is 5.88 Å². The van der Waals surface area contributed by atoms with Gasteiger partial charge in [-0.3, -0.25) is 4.79 Å². The van der Waals surface area contributed by atoms with Crippen LogP contribution in [0.4, 0.5) is 24.5 Å². The molecule has 2 aromatic rings. The molecule has 0 aliphatic heterocycles. The number of anilines is 2. The second-order valence-electron chi connectivity index (χ2n) is 6.87. The predicted molar refractivity (Wildman–Crippen MR) is 110 cm³/mol. The third-order valence-electron chi connectivity index (χ3n) is 3.95. The van der Waals surface area contributed by atoms with Crippen molar-refractivity contribution in [3.05, 3.63) is 46.3 Å². The Balaban J connectivity index is 2.20. The van der Waals surface area contributed by atoms with Crippen LogP contribution in [-0.2, 0) is 4.79 Å². The summed E-state index contributed by atoms with van der Waals surface area (Å²) in [4.78, 5) is 15.6. The fourth-order valence-corrected chi connectivity index (χ4v) is 3.05. The van der Waals surface area contributed by atoms with E-state index in [1.807, 2.05) is 13.8 Å². The zero-order valence-electron chi connectivity index (χ0n) is 16.4. The average Bonchev–Trinajstić information content (AvgIpc) is 2.64. The summed E-state index contributed by atoms with van der Waals surface area (Å²) in [6, 6.07) is 6.36. The molecular weight excluding hydrogens is 451 g/mol. The van der Waals surface area contributed by atoms with Crippen LogP contribution in [0.25, 0.3) is 0 Å². The standard InChI is InChI=1S/C20H23BrF3N3O2/c1-4-29-20-17(23)18(16(22)19(24)27-20)26-14(9-11(2)3)10-15(28)25-13-7-5-12(21)6-8-13/h5-8,11,14H,4,9-10H2,1-3H3,(H,25,28)(H,26,27)/t14-/m0/s1. The molecule has 1 amide bonds. The van der Waals surface area contributed by atoms with E-state index in [1.165, 1.54) is 0 Å². The van der Waals surface area contributed by atoms with Gasteiger partial charge in [0.05, 0.1) is 6.61 Å². The quantitative estimate of drug-likeness (QED) is 0.471. The highest BCUT2D eigenvalue weighted by atomic mass is 79.9. The second-order valence-corrected chi connectivity index (χ2v) is 7.79. The third kappa shape index (κ3) is 6.62. The molecular formula is C20H23BrF3N3O2. The lowest BCUT2D eigenvalue weighted by Gasteiger charge is -2.22. The summed E-state index contributed by atoms with van der Waals surface area (Å²) in [6.07, 6.45) is 0.363. The maximum atomic E-state index is 14.6. The first kappa shape index (κ1) is 23.0. The molecule has 0 saturated carbocycles. The number of hydrogen-bond acceptors (Lipinski definition) is 4. The van der Waals surface area contributed by atoms with E-state index in [0.29, 0.717) is 12.1 Å². The minimum atomic E-state index is -1.47. The van der Waals surface area contributed by atoms with Gasteiger partial charge in [0.25, 0.3) is 11.8 Å². The number of pyridine rings is 1. The van der Waals surface area contributed by atoms with Gasteiger partial charge < -0.3 is 15.4 Å². The van der Waals surface area contributed by atoms with E-state index in [1.54, 1.807) is 31.2 Å². The largest absolute Gasteiger partial charge is 0.476 e. The van der Waals surface area contributed by atoms with E-state index in [0.717, 1.165) is 4.47 Å². The number of halogens is 4. The van der Waals surface area contributed by atoms with Crippen molar-refractivity contribution < 1.29 is 22.7 Å². The molecule has 0 saturated heterocycles. The average molecular weight is 474 g/mol. The molecule has 2 rings (SSSR count). The molecule has 9 heteroatoms. The highest BCUT2D eigenvalue weighted by Gasteiger charge is 2.25. The molecule has 1 atom stereocenters. The molecule has 1 aromatic carbocycles. The van der Waals surface area contributed by atoms with Crippen LogP contribution >= 0.6 is 15.9 Å². The van der Waals surface area contributed by atoms with E-state index >= 15 is 0 Å². The minimum absolute atomic E-state index is 0.0411. The predicted octanol–water partition coefficient (Wildman–Crippen LogP) is 5.52. The monoisotopic (exact) mass is 473 g/mol. The van der Waals surface area contributed by atoms with E-state index in [2.05, 4.69) is 31.5 Å². The Labute approximate surface area is 176 Å². The third-order valence-corrected chi connectivity index (χ3v) is 4.48. The first-order valence-electron chi connectivity index (χ1n) is 9.20. The van der Waals surface area contributed by atoms with Gasteiger partial charge in [0.2, 0.25) is 17.5 Å². The molecule has 0 aliphatic rings.